The van der Waals surface area contributed by atoms with Gasteiger partial charge in [-0.3, -0.25) is 4.79 Å². The number of hydrogen-bond acceptors (Lipinski definition) is 4. The van der Waals surface area contributed by atoms with Gasteiger partial charge in [0.2, 0.25) is 5.91 Å². The molecule has 2 rings (SSSR count). The molecule has 2 heterocycles. The molecule has 2 aliphatic rings. The van der Waals surface area contributed by atoms with Crippen molar-refractivity contribution in [2.45, 2.75) is 39.2 Å². The zero-order valence-electron chi connectivity index (χ0n) is 10.6. The topological polar surface area (TPSA) is 55.8 Å². The number of carbonyl (C=O) groups excluding carboxylic acids is 2. The van der Waals surface area contributed by atoms with Crippen LogP contribution in [-0.2, 0) is 14.3 Å². The summed E-state index contributed by atoms with van der Waals surface area (Å²) in [6.07, 6.45) is 0.683. The Balaban J connectivity index is 1.95. The Morgan fingerprint density at radius 2 is 2.06 bits per heavy atom. The standard InChI is InChI=1S/C12H19NO4/c1-11(2,3)17-10(15)13-5-4-12(6-9(13)14)7-16-8-12/h4-8H2,1-3H3. The molecule has 0 aromatic rings. The van der Waals surface area contributed by atoms with Gasteiger partial charge < -0.3 is 9.47 Å². The quantitative estimate of drug-likeness (QED) is 0.646. The first kappa shape index (κ1) is 12.4. The summed E-state index contributed by atoms with van der Waals surface area (Å²) in [6.45, 7) is 7.10. The van der Waals surface area contributed by atoms with Crippen LogP contribution in [-0.4, -0.2) is 42.3 Å². The van der Waals surface area contributed by atoms with E-state index in [1.54, 1.807) is 20.8 Å². The highest BCUT2D eigenvalue weighted by Gasteiger charge is 2.46. The lowest BCUT2D eigenvalue weighted by molar-refractivity contribution is -0.163. The van der Waals surface area contributed by atoms with Gasteiger partial charge >= 0.3 is 6.09 Å². The average molecular weight is 241 g/mol. The molecule has 0 atom stereocenters. The summed E-state index contributed by atoms with van der Waals surface area (Å²) in [5, 5.41) is 0. The largest absolute Gasteiger partial charge is 0.443 e. The number of carbonyl (C=O) groups is 2. The minimum atomic E-state index is -0.563. The molecule has 2 saturated heterocycles. The van der Waals surface area contributed by atoms with Crippen molar-refractivity contribution in [3.05, 3.63) is 0 Å². The van der Waals surface area contributed by atoms with E-state index in [1.807, 2.05) is 0 Å². The number of imide groups is 1. The summed E-state index contributed by atoms with van der Waals surface area (Å²) in [5.41, 5.74) is -0.568. The first-order valence-corrected chi connectivity index (χ1v) is 5.93. The van der Waals surface area contributed by atoms with Gasteiger partial charge in [-0.25, -0.2) is 9.69 Å². The first-order valence-electron chi connectivity index (χ1n) is 5.93. The number of rotatable bonds is 0. The molecule has 17 heavy (non-hydrogen) atoms. The van der Waals surface area contributed by atoms with Gasteiger partial charge in [0.15, 0.2) is 0 Å². The number of nitrogens with zero attached hydrogens (tertiary/aromatic N) is 1. The Kier molecular flexibility index (Phi) is 2.89. The Bertz CT molecular complexity index is 341. The highest BCUT2D eigenvalue weighted by atomic mass is 16.6. The molecule has 1 spiro atoms. The van der Waals surface area contributed by atoms with Crippen molar-refractivity contribution < 1.29 is 19.1 Å². The van der Waals surface area contributed by atoms with E-state index in [-0.39, 0.29) is 11.3 Å². The molecule has 0 aliphatic carbocycles. The molecule has 0 unspecified atom stereocenters. The molecule has 2 amide bonds. The van der Waals surface area contributed by atoms with Crippen LogP contribution in [0.5, 0.6) is 0 Å². The molecule has 2 aliphatic heterocycles. The molecular weight excluding hydrogens is 222 g/mol. The first-order chi connectivity index (χ1) is 7.81. The summed E-state index contributed by atoms with van der Waals surface area (Å²) in [6, 6.07) is 0. The van der Waals surface area contributed by atoms with Crippen LogP contribution in [0.1, 0.15) is 33.6 Å². The van der Waals surface area contributed by atoms with Crippen LogP contribution in [0, 0.1) is 5.41 Å². The molecule has 0 aromatic carbocycles. The normalized spacial score (nSPS) is 23.5. The van der Waals surface area contributed by atoms with Crippen LogP contribution < -0.4 is 0 Å². The minimum absolute atomic E-state index is 0.00437. The lowest BCUT2D eigenvalue weighted by Gasteiger charge is -2.45. The van der Waals surface area contributed by atoms with Crippen molar-refractivity contribution in [2.75, 3.05) is 19.8 Å². The summed E-state index contributed by atoms with van der Waals surface area (Å²) >= 11 is 0. The Morgan fingerprint density at radius 1 is 1.41 bits per heavy atom. The van der Waals surface area contributed by atoms with E-state index in [9.17, 15) is 9.59 Å². The second-order valence-corrected chi connectivity index (χ2v) is 5.95. The Hall–Kier alpha value is -1.10. The van der Waals surface area contributed by atoms with E-state index in [1.165, 1.54) is 4.90 Å². The van der Waals surface area contributed by atoms with Crippen molar-refractivity contribution in [2.24, 2.45) is 5.41 Å². The second kappa shape index (κ2) is 3.98. The number of ether oxygens (including phenoxy) is 2. The smallest absolute Gasteiger partial charge is 0.417 e. The maximum atomic E-state index is 11.9. The maximum Gasteiger partial charge on any atom is 0.417 e. The number of piperidine rings is 1. The van der Waals surface area contributed by atoms with Gasteiger partial charge in [0, 0.05) is 18.4 Å². The molecule has 2 fully saturated rings. The van der Waals surface area contributed by atoms with E-state index in [2.05, 4.69) is 0 Å². The lowest BCUT2D eigenvalue weighted by Crippen LogP contribution is -2.55. The van der Waals surface area contributed by atoms with Gasteiger partial charge in [-0.05, 0) is 27.2 Å². The van der Waals surface area contributed by atoms with E-state index in [4.69, 9.17) is 9.47 Å². The van der Waals surface area contributed by atoms with Crippen molar-refractivity contribution in [3.8, 4) is 0 Å². The van der Waals surface area contributed by atoms with Crippen molar-refractivity contribution in [1.29, 1.82) is 0 Å². The highest BCUT2D eigenvalue weighted by molar-refractivity contribution is 5.93. The maximum absolute atomic E-state index is 11.9. The highest BCUT2D eigenvalue weighted by Crippen LogP contribution is 2.39. The summed E-state index contributed by atoms with van der Waals surface area (Å²) < 4.78 is 10.4. The average Bonchev–Trinajstić information content (AvgIpc) is 2.12. The summed E-state index contributed by atoms with van der Waals surface area (Å²) in [4.78, 5) is 24.9. The van der Waals surface area contributed by atoms with E-state index in [0.29, 0.717) is 26.2 Å². The van der Waals surface area contributed by atoms with Gasteiger partial charge in [-0.15, -0.1) is 0 Å². The fourth-order valence-electron chi connectivity index (χ4n) is 2.13. The van der Waals surface area contributed by atoms with Crippen LogP contribution >= 0.6 is 0 Å². The van der Waals surface area contributed by atoms with Crippen LogP contribution in [0.3, 0.4) is 0 Å². The summed E-state index contributed by atoms with van der Waals surface area (Å²) in [7, 11) is 0. The SMILES string of the molecule is CC(C)(C)OC(=O)N1CCC2(COC2)CC1=O. The predicted molar refractivity (Wildman–Crippen MR) is 60.4 cm³/mol. The van der Waals surface area contributed by atoms with Crippen molar-refractivity contribution >= 4 is 12.0 Å². The van der Waals surface area contributed by atoms with Gasteiger partial charge in [0.05, 0.1) is 13.2 Å². The fourth-order valence-corrected chi connectivity index (χ4v) is 2.13. The Morgan fingerprint density at radius 3 is 2.47 bits per heavy atom. The molecule has 5 heteroatoms. The third kappa shape index (κ3) is 2.60. The molecule has 0 bridgehead atoms. The third-order valence-corrected chi connectivity index (χ3v) is 3.12. The molecule has 5 nitrogen and oxygen atoms in total. The minimum Gasteiger partial charge on any atom is -0.443 e. The number of amides is 2. The second-order valence-electron chi connectivity index (χ2n) is 5.95. The van der Waals surface area contributed by atoms with Crippen LogP contribution in [0.4, 0.5) is 4.79 Å². The molecule has 96 valence electrons. The summed E-state index contributed by atoms with van der Waals surface area (Å²) in [5.74, 6) is -0.145. The van der Waals surface area contributed by atoms with Crippen LogP contribution in [0.15, 0.2) is 0 Å². The molecule has 0 N–H and O–H groups in total. The zero-order valence-corrected chi connectivity index (χ0v) is 10.6. The predicted octanol–water partition coefficient (Wildman–Crippen LogP) is 1.56. The van der Waals surface area contributed by atoms with Gasteiger partial charge in [-0.2, -0.15) is 0 Å². The van der Waals surface area contributed by atoms with Crippen molar-refractivity contribution in [1.82, 2.24) is 4.90 Å². The van der Waals surface area contributed by atoms with E-state index < -0.39 is 11.7 Å². The van der Waals surface area contributed by atoms with Gasteiger partial charge in [0.1, 0.15) is 5.60 Å². The molecule has 0 saturated carbocycles. The van der Waals surface area contributed by atoms with E-state index >= 15 is 0 Å². The van der Waals surface area contributed by atoms with Gasteiger partial charge in [-0.1, -0.05) is 0 Å². The monoisotopic (exact) mass is 241 g/mol. The number of hydrogen-bond donors (Lipinski definition) is 0. The number of likely N-dealkylation sites (tertiary alicyclic amines) is 1. The zero-order chi connectivity index (χ0) is 12.7. The Labute approximate surface area is 101 Å². The van der Waals surface area contributed by atoms with E-state index in [0.717, 1.165) is 6.42 Å². The van der Waals surface area contributed by atoms with Crippen molar-refractivity contribution in [3.63, 3.8) is 0 Å². The molecular formula is C12H19NO4. The third-order valence-electron chi connectivity index (χ3n) is 3.12. The lowest BCUT2D eigenvalue weighted by atomic mass is 9.76. The molecule has 0 radical (unpaired) electrons. The van der Waals surface area contributed by atoms with Crippen LogP contribution in [0.2, 0.25) is 0 Å². The van der Waals surface area contributed by atoms with Crippen LogP contribution in [0.25, 0.3) is 0 Å². The van der Waals surface area contributed by atoms with Gasteiger partial charge in [0.25, 0.3) is 0 Å². The fraction of sp³-hybridized carbons (Fsp3) is 0.833. The molecule has 0 aromatic heterocycles.